The van der Waals surface area contributed by atoms with Crippen molar-refractivity contribution in [2.75, 3.05) is 30.7 Å². The van der Waals surface area contributed by atoms with E-state index >= 15 is 0 Å². The number of hydrogen-bond acceptors (Lipinski definition) is 4. The van der Waals surface area contributed by atoms with Gasteiger partial charge in [0.15, 0.2) is 0 Å². The molecule has 7 heteroatoms. The van der Waals surface area contributed by atoms with Crippen LogP contribution in [-0.2, 0) is 24.2 Å². The zero-order valence-electron chi connectivity index (χ0n) is 18.5. The minimum Gasteiger partial charge on any atom is -0.334 e. The minimum absolute atomic E-state index is 0.0726. The Kier molecular flexibility index (Phi) is 7.72. The first-order valence-electron chi connectivity index (χ1n) is 10.9. The summed E-state index contributed by atoms with van der Waals surface area (Å²) >= 11 is 1.38. The fourth-order valence-corrected chi connectivity index (χ4v) is 4.89. The van der Waals surface area contributed by atoms with E-state index in [-0.39, 0.29) is 17.3 Å². The monoisotopic (exact) mass is 429 g/mol. The molecule has 162 valence electrons. The van der Waals surface area contributed by atoms with Crippen LogP contribution in [-0.4, -0.2) is 40.8 Å². The molecule has 30 heavy (non-hydrogen) atoms. The third kappa shape index (κ3) is 5.13. The molecule has 2 N–H and O–H groups in total. The molecule has 0 atom stereocenters. The molecule has 0 bridgehead atoms. The predicted octanol–water partition coefficient (Wildman–Crippen LogP) is 2.00. The van der Waals surface area contributed by atoms with Gasteiger partial charge in [-0.1, -0.05) is 23.9 Å². The number of likely N-dealkylation sites (N-methyl/N-ethyl adjacent to an activating group) is 1. The Hall–Kier alpha value is -2.12. The van der Waals surface area contributed by atoms with E-state index in [9.17, 15) is 9.59 Å². The Morgan fingerprint density at radius 2 is 2.00 bits per heavy atom. The van der Waals surface area contributed by atoms with E-state index in [1.165, 1.54) is 16.7 Å². The topological polar surface area (TPSA) is 68.4 Å². The number of aryl methyl sites for hydroxylation is 1. The number of quaternary nitrogens is 1. The molecule has 0 aliphatic heterocycles. The summed E-state index contributed by atoms with van der Waals surface area (Å²) in [5, 5.41) is 3.72. The van der Waals surface area contributed by atoms with Crippen molar-refractivity contribution in [3.8, 4) is 0 Å². The van der Waals surface area contributed by atoms with E-state index in [4.69, 9.17) is 0 Å². The zero-order chi connectivity index (χ0) is 21.7. The molecule has 0 unspecified atom stereocenters. The third-order valence-electron chi connectivity index (χ3n) is 6.11. The van der Waals surface area contributed by atoms with Crippen LogP contribution < -0.4 is 15.9 Å². The van der Waals surface area contributed by atoms with Crippen molar-refractivity contribution in [3.63, 3.8) is 0 Å². The van der Waals surface area contributed by atoms with Crippen LogP contribution in [0.5, 0.6) is 0 Å². The number of hydrogen-bond donors (Lipinski definition) is 2. The number of anilines is 1. The zero-order valence-corrected chi connectivity index (χ0v) is 19.3. The second kappa shape index (κ2) is 10.3. The Morgan fingerprint density at radius 3 is 2.73 bits per heavy atom. The molecule has 1 aliphatic carbocycles. The first-order chi connectivity index (χ1) is 14.4. The number of carbonyl (C=O) groups is 1. The molecule has 6 nitrogen and oxygen atoms in total. The number of nitrogens with one attached hydrogen (secondary N) is 2. The van der Waals surface area contributed by atoms with Crippen LogP contribution in [0.3, 0.4) is 0 Å². The van der Waals surface area contributed by atoms with E-state index in [2.05, 4.69) is 24.1 Å². The normalized spacial score (nSPS) is 13.0. The fraction of sp³-hybridized carbons (Fsp3) is 0.522. The lowest BCUT2D eigenvalue weighted by molar-refractivity contribution is -0.897. The van der Waals surface area contributed by atoms with Crippen LogP contribution in [0.2, 0.25) is 0 Å². The van der Waals surface area contributed by atoms with Gasteiger partial charge in [0.25, 0.3) is 0 Å². The molecular formula is C23H33N4O2S+. The van der Waals surface area contributed by atoms with Crippen LogP contribution in [0.15, 0.2) is 28.0 Å². The summed E-state index contributed by atoms with van der Waals surface area (Å²) in [5.41, 5.74) is 5.17. The Bertz CT molecular complexity index is 966. The smallest absolute Gasteiger partial charge is 0.334 e. The number of amides is 1. The minimum atomic E-state index is -0.181. The highest BCUT2D eigenvalue weighted by atomic mass is 32.2. The molecule has 2 aromatic rings. The van der Waals surface area contributed by atoms with Crippen LogP contribution in [0.4, 0.5) is 5.69 Å². The quantitative estimate of drug-likeness (QED) is 0.473. The number of rotatable bonds is 9. The molecule has 0 saturated heterocycles. The Morgan fingerprint density at radius 1 is 1.23 bits per heavy atom. The van der Waals surface area contributed by atoms with Gasteiger partial charge in [-0.15, -0.1) is 0 Å². The first kappa shape index (κ1) is 22.6. The number of thioether (sulfide) groups is 1. The summed E-state index contributed by atoms with van der Waals surface area (Å²) in [6.45, 7) is 12.2. The molecule has 1 aliphatic rings. The predicted molar refractivity (Wildman–Crippen MR) is 123 cm³/mol. The average molecular weight is 430 g/mol. The van der Waals surface area contributed by atoms with Gasteiger partial charge in [0.05, 0.1) is 31.9 Å². The van der Waals surface area contributed by atoms with Gasteiger partial charge >= 0.3 is 5.69 Å². The van der Waals surface area contributed by atoms with Gasteiger partial charge in [-0.2, -0.15) is 4.98 Å². The van der Waals surface area contributed by atoms with Crippen LogP contribution in [0.1, 0.15) is 42.7 Å². The van der Waals surface area contributed by atoms with Gasteiger partial charge in [0.1, 0.15) is 5.03 Å². The largest absolute Gasteiger partial charge is 0.349 e. The molecular weight excluding hydrogens is 396 g/mol. The lowest BCUT2D eigenvalue weighted by Gasteiger charge is -2.18. The lowest BCUT2D eigenvalue weighted by atomic mass is 10.1. The summed E-state index contributed by atoms with van der Waals surface area (Å²) in [6, 6.07) is 5.89. The molecule has 1 heterocycles. The van der Waals surface area contributed by atoms with Gasteiger partial charge in [-0.3, -0.25) is 9.36 Å². The van der Waals surface area contributed by atoms with Crippen molar-refractivity contribution in [3.05, 3.63) is 51.1 Å². The van der Waals surface area contributed by atoms with Gasteiger partial charge in [0.2, 0.25) is 5.91 Å². The van der Waals surface area contributed by atoms with Gasteiger partial charge in [0, 0.05) is 16.9 Å². The van der Waals surface area contributed by atoms with Crippen molar-refractivity contribution < 1.29 is 9.69 Å². The number of benzene rings is 1. The summed E-state index contributed by atoms with van der Waals surface area (Å²) in [4.78, 5) is 31.1. The Labute approximate surface area is 183 Å². The molecule has 0 radical (unpaired) electrons. The van der Waals surface area contributed by atoms with E-state index in [1.54, 1.807) is 0 Å². The maximum atomic E-state index is 12.7. The van der Waals surface area contributed by atoms with E-state index in [0.717, 1.165) is 72.0 Å². The van der Waals surface area contributed by atoms with E-state index < -0.39 is 0 Å². The summed E-state index contributed by atoms with van der Waals surface area (Å²) in [5.74, 6) is 0.177. The second-order valence-corrected chi connectivity index (χ2v) is 8.89. The summed E-state index contributed by atoms with van der Waals surface area (Å²) in [6.07, 6.45) is 2.89. The fourth-order valence-electron chi connectivity index (χ4n) is 4.02. The summed E-state index contributed by atoms with van der Waals surface area (Å²) < 4.78 is 1.87. The molecule has 1 aromatic carbocycles. The Balaban J connectivity index is 1.70. The van der Waals surface area contributed by atoms with Crippen molar-refractivity contribution >= 4 is 23.4 Å². The number of nitrogens with zero attached hydrogens (tertiary/aromatic N) is 2. The summed E-state index contributed by atoms with van der Waals surface area (Å²) in [7, 11) is 0. The van der Waals surface area contributed by atoms with Gasteiger partial charge in [-0.25, -0.2) is 4.79 Å². The highest BCUT2D eigenvalue weighted by Gasteiger charge is 2.23. The first-order valence-corrected chi connectivity index (χ1v) is 11.9. The number of fused-ring (bicyclic) bond motifs is 1. The SMILES string of the molecule is CC[NH+](CC)CCn1c2c(c(SCC(=O)Nc3cccc(C)c3C)nc1=O)CCC2. The van der Waals surface area contributed by atoms with E-state index in [1.807, 2.05) is 36.6 Å². The highest BCUT2D eigenvalue weighted by molar-refractivity contribution is 8.00. The third-order valence-corrected chi connectivity index (χ3v) is 7.13. The molecule has 0 saturated carbocycles. The molecule has 1 amide bonds. The van der Waals surface area contributed by atoms with E-state index in [0.29, 0.717) is 6.54 Å². The van der Waals surface area contributed by atoms with Crippen molar-refractivity contribution in [1.29, 1.82) is 0 Å². The number of aromatic nitrogens is 2. The molecule has 1 aromatic heterocycles. The molecule has 3 rings (SSSR count). The molecule has 0 fully saturated rings. The van der Waals surface area contributed by atoms with Gasteiger partial charge < -0.3 is 10.2 Å². The highest BCUT2D eigenvalue weighted by Crippen LogP contribution is 2.29. The van der Waals surface area contributed by atoms with Crippen molar-refractivity contribution in [2.45, 2.75) is 58.5 Å². The van der Waals surface area contributed by atoms with Gasteiger partial charge in [-0.05, 0) is 64.2 Å². The van der Waals surface area contributed by atoms with Crippen LogP contribution in [0.25, 0.3) is 0 Å². The van der Waals surface area contributed by atoms with Crippen LogP contribution in [0, 0.1) is 13.8 Å². The van der Waals surface area contributed by atoms with Crippen molar-refractivity contribution in [1.82, 2.24) is 9.55 Å². The lowest BCUT2D eigenvalue weighted by Crippen LogP contribution is -3.11. The maximum absolute atomic E-state index is 12.7. The van der Waals surface area contributed by atoms with Crippen molar-refractivity contribution in [2.24, 2.45) is 0 Å². The standard InChI is InChI=1S/C23H32N4O2S/c1-5-26(6-2)13-14-27-20-12-8-10-18(20)22(25-23(27)29)30-15-21(28)24-19-11-7-9-16(3)17(19)4/h7,9,11H,5-6,8,10,12-15H2,1-4H3,(H,24,28)/p+1. The average Bonchev–Trinajstić information content (AvgIpc) is 3.22. The second-order valence-electron chi connectivity index (χ2n) is 7.92. The van der Waals surface area contributed by atoms with Crippen LogP contribution >= 0.6 is 11.8 Å². The maximum Gasteiger partial charge on any atom is 0.349 e. The molecule has 0 spiro atoms. The number of carbonyl (C=O) groups excluding carboxylic acids is 1.